The number of halogens is 1. The zero-order valence-electron chi connectivity index (χ0n) is 8.83. The first-order valence-corrected chi connectivity index (χ1v) is 5.53. The van der Waals surface area contributed by atoms with Crippen molar-refractivity contribution in [1.82, 2.24) is 0 Å². The Hall–Kier alpha value is -1.02. The molecule has 3 heteroatoms. The first-order chi connectivity index (χ1) is 7.27. The highest BCUT2D eigenvalue weighted by molar-refractivity contribution is 6.30. The van der Waals surface area contributed by atoms with Crippen molar-refractivity contribution in [2.75, 3.05) is 6.61 Å². The van der Waals surface area contributed by atoms with E-state index in [0.29, 0.717) is 22.9 Å². The molecule has 0 aliphatic heterocycles. The summed E-state index contributed by atoms with van der Waals surface area (Å²) in [6.45, 7) is 2.79. The van der Waals surface area contributed by atoms with Gasteiger partial charge in [-0.15, -0.1) is 0 Å². The molecule has 0 N–H and O–H groups in total. The summed E-state index contributed by atoms with van der Waals surface area (Å²) in [5, 5.41) is 0.554. The Balaban J connectivity index is 2.56. The maximum Gasteiger partial charge on any atom is 0.153 e. The van der Waals surface area contributed by atoms with Crippen molar-refractivity contribution in [3.05, 3.63) is 28.8 Å². The predicted molar refractivity (Wildman–Crippen MR) is 61.9 cm³/mol. The normalized spacial score (nSPS) is 10.0. The lowest BCUT2D eigenvalue weighted by Crippen LogP contribution is -1.99. The van der Waals surface area contributed by atoms with Gasteiger partial charge in [-0.2, -0.15) is 0 Å². The second-order valence-electron chi connectivity index (χ2n) is 3.36. The quantitative estimate of drug-likeness (QED) is 0.546. The number of aldehydes is 1. The number of unbranched alkanes of at least 4 members (excludes halogenated alkanes) is 2. The predicted octanol–water partition coefficient (Wildman–Crippen LogP) is 3.72. The van der Waals surface area contributed by atoms with E-state index in [1.807, 2.05) is 0 Å². The Labute approximate surface area is 95.2 Å². The van der Waals surface area contributed by atoms with Crippen molar-refractivity contribution in [3.63, 3.8) is 0 Å². The molecule has 0 saturated carbocycles. The smallest absolute Gasteiger partial charge is 0.153 e. The van der Waals surface area contributed by atoms with Crippen LogP contribution >= 0.6 is 11.6 Å². The highest BCUT2D eigenvalue weighted by Gasteiger charge is 2.03. The van der Waals surface area contributed by atoms with Gasteiger partial charge < -0.3 is 4.74 Å². The van der Waals surface area contributed by atoms with Crippen molar-refractivity contribution in [2.24, 2.45) is 0 Å². The van der Waals surface area contributed by atoms with Crippen molar-refractivity contribution in [1.29, 1.82) is 0 Å². The standard InChI is InChI=1S/C12H15ClO2/c1-2-3-4-7-15-12-6-5-11(13)8-10(12)9-14/h5-6,8-9H,2-4,7H2,1H3. The summed E-state index contributed by atoms with van der Waals surface area (Å²) in [6, 6.07) is 5.07. The van der Waals surface area contributed by atoms with Gasteiger partial charge in [-0.1, -0.05) is 31.4 Å². The van der Waals surface area contributed by atoms with Gasteiger partial charge in [-0.05, 0) is 24.6 Å². The van der Waals surface area contributed by atoms with Crippen LogP contribution in [0.4, 0.5) is 0 Å². The van der Waals surface area contributed by atoms with E-state index in [9.17, 15) is 4.79 Å². The Morgan fingerprint density at radius 3 is 2.87 bits per heavy atom. The van der Waals surface area contributed by atoms with Gasteiger partial charge in [0.15, 0.2) is 6.29 Å². The van der Waals surface area contributed by atoms with Crippen LogP contribution in [0, 0.1) is 0 Å². The summed E-state index contributed by atoms with van der Waals surface area (Å²) in [4.78, 5) is 10.7. The first kappa shape index (κ1) is 12.1. The van der Waals surface area contributed by atoms with Gasteiger partial charge >= 0.3 is 0 Å². The van der Waals surface area contributed by atoms with Gasteiger partial charge in [0.05, 0.1) is 12.2 Å². The van der Waals surface area contributed by atoms with E-state index in [0.717, 1.165) is 25.5 Å². The summed E-state index contributed by atoms with van der Waals surface area (Å²) in [6.07, 6.45) is 4.08. The molecule has 1 rings (SSSR count). The minimum Gasteiger partial charge on any atom is -0.493 e. The SMILES string of the molecule is CCCCCOc1ccc(Cl)cc1C=O. The molecule has 1 aromatic rings. The van der Waals surface area contributed by atoms with Crippen LogP contribution in [0.25, 0.3) is 0 Å². The number of rotatable bonds is 6. The van der Waals surface area contributed by atoms with E-state index in [2.05, 4.69) is 6.92 Å². The number of carbonyl (C=O) groups excluding carboxylic acids is 1. The lowest BCUT2D eigenvalue weighted by molar-refractivity contribution is 0.111. The van der Waals surface area contributed by atoms with Crippen LogP contribution < -0.4 is 4.74 Å². The molecule has 0 unspecified atom stereocenters. The molecule has 0 amide bonds. The molecule has 0 bridgehead atoms. The van der Waals surface area contributed by atoms with Gasteiger partial charge in [0.1, 0.15) is 5.75 Å². The van der Waals surface area contributed by atoms with Crippen LogP contribution in [0.15, 0.2) is 18.2 Å². The Bertz CT molecular complexity index is 323. The summed E-state index contributed by atoms with van der Waals surface area (Å²) in [5.74, 6) is 0.616. The fourth-order valence-corrected chi connectivity index (χ4v) is 1.46. The Morgan fingerprint density at radius 1 is 1.40 bits per heavy atom. The molecule has 1 aromatic carbocycles. The molecule has 0 atom stereocenters. The van der Waals surface area contributed by atoms with Crippen LogP contribution in [0.3, 0.4) is 0 Å². The zero-order chi connectivity index (χ0) is 11.1. The lowest BCUT2D eigenvalue weighted by Gasteiger charge is -2.07. The molecule has 0 fully saturated rings. The van der Waals surface area contributed by atoms with Crippen LogP contribution in [0.2, 0.25) is 5.02 Å². The number of hydrogen-bond donors (Lipinski definition) is 0. The molecule has 15 heavy (non-hydrogen) atoms. The van der Waals surface area contributed by atoms with E-state index in [1.54, 1.807) is 18.2 Å². The average Bonchev–Trinajstić information content (AvgIpc) is 2.26. The molecule has 82 valence electrons. The van der Waals surface area contributed by atoms with E-state index >= 15 is 0 Å². The molecule has 0 radical (unpaired) electrons. The first-order valence-electron chi connectivity index (χ1n) is 5.15. The molecule has 2 nitrogen and oxygen atoms in total. The van der Waals surface area contributed by atoms with Gasteiger partial charge in [-0.25, -0.2) is 0 Å². The largest absolute Gasteiger partial charge is 0.493 e. The van der Waals surface area contributed by atoms with Crippen molar-refractivity contribution >= 4 is 17.9 Å². The monoisotopic (exact) mass is 226 g/mol. The maximum atomic E-state index is 10.7. The molecule has 0 saturated heterocycles. The van der Waals surface area contributed by atoms with Crippen LogP contribution in [0.1, 0.15) is 36.5 Å². The number of ether oxygens (including phenoxy) is 1. The van der Waals surface area contributed by atoms with E-state index in [-0.39, 0.29) is 0 Å². The summed E-state index contributed by atoms with van der Waals surface area (Å²) in [5.41, 5.74) is 0.513. The summed E-state index contributed by atoms with van der Waals surface area (Å²) >= 11 is 5.76. The van der Waals surface area contributed by atoms with Gasteiger partial charge in [-0.3, -0.25) is 4.79 Å². The zero-order valence-corrected chi connectivity index (χ0v) is 9.59. The minimum absolute atomic E-state index is 0.513. The lowest BCUT2D eigenvalue weighted by atomic mass is 10.2. The third kappa shape index (κ3) is 3.92. The second-order valence-corrected chi connectivity index (χ2v) is 3.79. The van der Waals surface area contributed by atoms with Crippen LogP contribution in [-0.2, 0) is 0 Å². The van der Waals surface area contributed by atoms with E-state index in [1.165, 1.54) is 0 Å². The number of benzene rings is 1. The van der Waals surface area contributed by atoms with Gasteiger partial charge in [0.25, 0.3) is 0 Å². The van der Waals surface area contributed by atoms with Gasteiger partial charge in [0, 0.05) is 5.02 Å². The topological polar surface area (TPSA) is 26.3 Å². The number of hydrogen-bond acceptors (Lipinski definition) is 2. The Morgan fingerprint density at radius 2 is 2.20 bits per heavy atom. The van der Waals surface area contributed by atoms with Crippen LogP contribution in [0.5, 0.6) is 5.75 Å². The molecular formula is C12H15ClO2. The molecule has 0 aliphatic rings. The van der Waals surface area contributed by atoms with Gasteiger partial charge in [0.2, 0.25) is 0 Å². The molecule has 0 spiro atoms. The van der Waals surface area contributed by atoms with E-state index < -0.39 is 0 Å². The van der Waals surface area contributed by atoms with Crippen LogP contribution in [-0.4, -0.2) is 12.9 Å². The van der Waals surface area contributed by atoms with E-state index in [4.69, 9.17) is 16.3 Å². The maximum absolute atomic E-state index is 10.7. The minimum atomic E-state index is 0.513. The second kappa shape index (κ2) is 6.46. The molecular weight excluding hydrogens is 212 g/mol. The average molecular weight is 227 g/mol. The highest BCUT2D eigenvalue weighted by Crippen LogP contribution is 2.21. The highest BCUT2D eigenvalue weighted by atomic mass is 35.5. The van der Waals surface area contributed by atoms with Crippen molar-refractivity contribution in [2.45, 2.75) is 26.2 Å². The molecule has 0 heterocycles. The van der Waals surface area contributed by atoms with Crippen molar-refractivity contribution < 1.29 is 9.53 Å². The third-order valence-electron chi connectivity index (χ3n) is 2.10. The summed E-state index contributed by atoms with van der Waals surface area (Å²) < 4.78 is 5.50. The fourth-order valence-electron chi connectivity index (χ4n) is 1.28. The number of carbonyl (C=O) groups is 1. The third-order valence-corrected chi connectivity index (χ3v) is 2.34. The molecule has 0 aromatic heterocycles. The summed E-state index contributed by atoms with van der Waals surface area (Å²) in [7, 11) is 0. The fraction of sp³-hybridized carbons (Fsp3) is 0.417. The molecule has 0 aliphatic carbocycles. The van der Waals surface area contributed by atoms with Crippen molar-refractivity contribution in [3.8, 4) is 5.75 Å². The Kier molecular flexibility index (Phi) is 5.19.